The highest BCUT2D eigenvalue weighted by Crippen LogP contribution is 2.51. The van der Waals surface area contributed by atoms with Gasteiger partial charge in [0.2, 0.25) is 5.91 Å². The molecule has 5 N–H and O–H groups in total. The summed E-state index contributed by atoms with van der Waals surface area (Å²) < 4.78 is 0. The van der Waals surface area contributed by atoms with Gasteiger partial charge in [0.1, 0.15) is 11.1 Å². The van der Waals surface area contributed by atoms with E-state index in [1.807, 2.05) is 0 Å². The lowest BCUT2D eigenvalue weighted by molar-refractivity contribution is -0.156. The van der Waals surface area contributed by atoms with Crippen LogP contribution in [0, 0.1) is 5.92 Å². The summed E-state index contributed by atoms with van der Waals surface area (Å²) in [5.74, 6) is -3.03. The summed E-state index contributed by atoms with van der Waals surface area (Å²) in [6, 6.07) is -0.515. The van der Waals surface area contributed by atoms with Crippen LogP contribution in [0.3, 0.4) is 0 Å². The smallest absolute Gasteiger partial charge is 0.353 e. The zero-order chi connectivity index (χ0) is 18.0. The summed E-state index contributed by atoms with van der Waals surface area (Å²) in [6.07, 6.45) is 1.72. The molecule has 9 heteroatoms. The summed E-state index contributed by atoms with van der Waals surface area (Å²) in [6.45, 7) is 1.52. The second kappa shape index (κ2) is 7.54. The number of hydrogen-bond donors (Lipinski definition) is 4. The fraction of sp³-hybridized carbons (Fsp3) is 0.667. The minimum Gasteiger partial charge on any atom is -0.481 e. The molecule has 1 saturated heterocycles. The Labute approximate surface area is 143 Å². The second-order valence-corrected chi connectivity index (χ2v) is 7.26. The zero-order valence-corrected chi connectivity index (χ0v) is 14.2. The molecule has 2 heterocycles. The van der Waals surface area contributed by atoms with Gasteiger partial charge in [0.25, 0.3) is 0 Å². The molecule has 0 bridgehead atoms. The van der Waals surface area contributed by atoms with Crippen LogP contribution in [0.2, 0.25) is 0 Å². The average molecular weight is 358 g/mol. The van der Waals surface area contributed by atoms with Gasteiger partial charge in [-0.15, -0.1) is 0 Å². The lowest BCUT2D eigenvalue weighted by Crippen LogP contribution is -2.60. The number of amides is 1. The number of nitrogens with zero attached hydrogens (tertiary/aromatic N) is 1. The predicted molar refractivity (Wildman–Crippen MR) is 86.8 cm³/mol. The molecule has 2 aliphatic heterocycles. The Balaban J connectivity index is 1.99. The molecule has 0 aliphatic carbocycles. The molecule has 0 spiro atoms. The first-order chi connectivity index (χ1) is 11.3. The highest BCUT2D eigenvalue weighted by atomic mass is 32.2. The zero-order valence-electron chi connectivity index (χ0n) is 13.3. The maximum absolute atomic E-state index is 12.1. The van der Waals surface area contributed by atoms with Crippen molar-refractivity contribution in [3.05, 3.63) is 10.6 Å². The number of aliphatic carboxylic acids is 2. The SMILES string of the molecule is CC(O)[C@H]1C(=O)N2C(C(=O)O)=C([C@H](N)CCCCCC(=O)O)S[C@H]12. The molecule has 1 fully saturated rings. The monoisotopic (exact) mass is 358 g/mol. The van der Waals surface area contributed by atoms with E-state index in [1.165, 1.54) is 23.6 Å². The molecule has 24 heavy (non-hydrogen) atoms. The van der Waals surface area contributed by atoms with E-state index in [0.29, 0.717) is 30.6 Å². The van der Waals surface area contributed by atoms with E-state index in [1.54, 1.807) is 0 Å². The van der Waals surface area contributed by atoms with Crippen LogP contribution in [0.15, 0.2) is 10.6 Å². The molecule has 0 saturated carbocycles. The van der Waals surface area contributed by atoms with Gasteiger partial charge in [0.15, 0.2) is 0 Å². The van der Waals surface area contributed by atoms with E-state index < -0.39 is 35.4 Å². The van der Waals surface area contributed by atoms with Crippen molar-refractivity contribution in [1.82, 2.24) is 4.90 Å². The first-order valence-electron chi connectivity index (χ1n) is 7.88. The quantitative estimate of drug-likeness (QED) is 0.346. The molecule has 0 radical (unpaired) electrons. The van der Waals surface area contributed by atoms with Gasteiger partial charge in [-0.05, 0) is 19.8 Å². The van der Waals surface area contributed by atoms with Crippen LogP contribution >= 0.6 is 11.8 Å². The maximum Gasteiger partial charge on any atom is 0.353 e. The standard InChI is InChI=1S/C15H22N2O6S/c1-7(18)10-13(21)17-11(15(22)23)12(24-14(10)17)8(16)5-3-2-4-6-9(19)20/h7-8,10,14,18H,2-6,16H2,1H3,(H,19,20)(H,22,23)/t7?,8-,10+,14-/m1/s1. The Bertz CT molecular complexity index is 576. The van der Waals surface area contributed by atoms with Gasteiger partial charge >= 0.3 is 11.9 Å². The van der Waals surface area contributed by atoms with Crippen molar-refractivity contribution in [3.8, 4) is 0 Å². The average Bonchev–Trinajstić information content (AvgIpc) is 2.81. The van der Waals surface area contributed by atoms with Gasteiger partial charge in [-0.2, -0.15) is 0 Å². The number of aliphatic hydroxyl groups excluding tert-OH is 1. The number of unbranched alkanes of at least 4 members (excludes halogenated alkanes) is 2. The summed E-state index contributed by atoms with van der Waals surface area (Å²) >= 11 is 1.24. The molecule has 0 aromatic carbocycles. The summed E-state index contributed by atoms with van der Waals surface area (Å²) in [5, 5.41) is 27.3. The number of carbonyl (C=O) groups excluding carboxylic acids is 1. The molecule has 8 nitrogen and oxygen atoms in total. The van der Waals surface area contributed by atoms with Gasteiger partial charge in [0.05, 0.1) is 12.0 Å². The normalized spacial score (nSPS) is 25.3. The molecule has 2 aliphatic rings. The van der Waals surface area contributed by atoms with Crippen molar-refractivity contribution >= 4 is 29.6 Å². The number of carboxylic acid groups (broad SMARTS) is 2. The van der Waals surface area contributed by atoms with Crippen molar-refractivity contribution in [2.24, 2.45) is 11.7 Å². The highest BCUT2D eigenvalue weighted by molar-refractivity contribution is 8.04. The maximum atomic E-state index is 12.1. The van der Waals surface area contributed by atoms with Crippen LogP contribution < -0.4 is 5.73 Å². The third-order valence-corrected chi connectivity index (χ3v) is 5.77. The lowest BCUT2D eigenvalue weighted by atomic mass is 9.92. The molecule has 0 aromatic heterocycles. The van der Waals surface area contributed by atoms with Crippen molar-refractivity contribution in [2.45, 2.75) is 56.5 Å². The molecule has 1 amide bonds. The molecule has 0 aromatic rings. The van der Waals surface area contributed by atoms with Crippen LogP contribution in [0.1, 0.15) is 39.0 Å². The number of nitrogens with two attached hydrogens (primary N) is 1. The lowest BCUT2D eigenvalue weighted by Gasteiger charge is -2.43. The second-order valence-electron chi connectivity index (χ2n) is 6.10. The van der Waals surface area contributed by atoms with Crippen LogP contribution in [-0.4, -0.2) is 55.6 Å². The number of fused-ring (bicyclic) bond motifs is 1. The Morgan fingerprint density at radius 2 is 1.96 bits per heavy atom. The van der Waals surface area contributed by atoms with E-state index in [2.05, 4.69) is 0 Å². The van der Waals surface area contributed by atoms with Crippen LogP contribution in [-0.2, 0) is 14.4 Å². The Morgan fingerprint density at radius 1 is 1.29 bits per heavy atom. The third-order valence-electron chi connectivity index (χ3n) is 4.27. The third kappa shape index (κ3) is 3.57. The Kier molecular flexibility index (Phi) is 5.89. The van der Waals surface area contributed by atoms with Crippen molar-refractivity contribution in [1.29, 1.82) is 0 Å². The summed E-state index contributed by atoms with van der Waals surface area (Å²) in [5.41, 5.74) is 6.03. The summed E-state index contributed by atoms with van der Waals surface area (Å²) in [7, 11) is 0. The van der Waals surface area contributed by atoms with Crippen molar-refractivity contribution in [2.75, 3.05) is 0 Å². The summed E-state index contributed by atoms with van der Waals surface area (Å²) in [4.78, 5) is 35.8. The highest BCUT2D eigenvalue weighted by Gasteiger charge is 2.58. The fourth-order valence-corrected chi connectivity index (χ4v) is 4.67. The minimum atomic E-state index is -1.20. The van der Waals surface area contributed by atoms with Crippen molar-refractivity contribution in [3.63, 3.8) is 0 Å². The molecule has 4 atom stereocenters. The minimum absolute atomic E-state index is 0.0788. The number of thioether (sulfide) groups is 1. The van der Waals surface area contributed by atoms with Gasteiger partial charge in [-0.25, -0.2) is 4.79 Å². The fourth-order valence-electron chi connectivity index (χ4n) is 3.02. The van der Waals surface area contributed by atoms with Crippen LogP contribution in [0.25, 0.3) is 0 Å². The van der Waals surface area contributed by atoms with E-state index in [0.717, 1.165) is 0 Å². The van der Waals surface area contributed by atoms with E-state index >= 15 is 0 Å². The van der Waals surface area contributed by atoms with Gasteiger partial charge in [-0.3, -0.25) is 14.5 Å². The molecule has 134 valence electrons. The van der Waals surface area contributed by atoms with Crippen LogP contribution in [0.4, 0.5) is 0 Å². The topological polar surface area (TPSA) is 141 Å². The van der Waals surface area contributed by atoms with E-state index in [-0.39, 0.29) is 18.0 Å². The van der Waals surface area contributed by atoms with E-state index in [4.69, 9.17) is 10.8 Å². The number of carboxylic acids is 2. The van der Waals surface area contributed by atoms with Crippen molar-refractivity contribution < 1.29 is 29.7 Å². The van der Waals surface area contributed by atoms with Gasteiger partial charge in [-0.1, -0.05) is 24.6 Å². The number of rotatable bonds is 9. The van der Waals surface area contributed by atoms with Gasteiger partial charge < -0.3 is 21.1 Å². The molecule has 2 rings (SSSR count). The van der Waals surface area contributed by atoms with Crippen LogP contribution in [0.5, 0.6) is 0 Å². The molecular weight excluding hydrogens is 336 g/mol. The Morgan fingerprint density at radius 3 is 2.50 bits per heavy atom. The number of hydrogen-bond acceptors (Lipinski definition) is 6. The largest absolute Gasteiger partial charge is 0.481 e. The molecule has 1 unspecified atom stereocenters. The van der Waals surface area contributed by atoms with Gasteiger partial charge in [0, 0.05) is 17.4 Å². The number of aliphatic hydroxyl groups is 1. The predicted octanol–water partition coefficient (Wildman–Crippen LogP) is 0.557. The Hall–Kier alpha value is -1.58. The van der Waals surface area contributed by atoms with E-state index in [9.17, 15) is 24.6 Å². The molecular formula is C15H22N2O6S. The first-order valence-corrected chi connectivity index (χ1v) is 8.76. The number of carbonyl (C=O) groups is 3. The number of β-lactam (4-membered cyclic amide) rings is 1. The first kappa shape index (κ1) is 18.8.